The fourth-order valence-electron chi connectivity index (χ4n) is 3.73. The van der Waals surface area contributed by atoms with Crippen molar-refractivity contribution in [1.82, 2.24) is 14.9 Å². The van der Waals surface area contributed by atoms with Crippen molar-refractivity contribution in [1.29, 1.82) is 0 Å². The number of aryl methyl sites for hydroxylation is 2. The van der Waals surface area contributed by atoms with Gasteiger partial charge in [0, 0.05) is 43.8 Å². The van der Waals surface area contributed by atoms with Crippen LogP contribution in [0.3, 0.4) is 0 Å². The number of benzene rings is 2. The zero-order valence-electron chi connectivity index (χ0n) is 17.1. The van der Waals surface area contributed by atoms with Crippen molar-refractivity contribution in [2.75, 3.05) is 7.05 Å². The SMILES string of the molecule is CCCCc1oc2ccccc2c1CN(C)C(=O)CCc1nc2ccccc2[nH]1. The van der Waals surface area contributed by atoms with Crippen molar-refractivity contribution in [2.45, 2.75) is 45.6 Å². The fraction of sp³-hybridized carbons (Fsp3) is 0.333. The van der Waals surface area contributed by atoms with Crippen molar-refractivity contribution < 1.29 is 9.21 Å². The minimum absolute atomic E-state index is 0.108. The highest BCUT2D eigenvalue weighted by Crippen LogP contribution is 2.28. The normalized spacial score (nSPS) is 11.4. The van der Waals surface area contributed by atoms with E-state index in [9.17, 15) is 4.79 Å². The van der Waals surface area contributed by atoms with E-state index in [4.69, 9.17) is 4.42 Å². The number of H-pyrrole nitrogens is 1. The Labute approximate surface area is 170 Å². The lowest BCUT2D eigenvalue weighted by atomic mass is 10.1. The van der Waals surface area contributed by atoms with Gasteiger partial charge in [0.15, 0.2) is 0 Å². The largest absolute Gasteiger partial charge is 0.461 e. The summed E-state index contributed by atoms with van der Waals surface area (Å²) in [6, 6.07) is 16.0. The van der Waals surface area contributed by atoms with Crippen LogP contribution in [-0.4, -0.2) is 27.8 Å². The molecule has 5 heteroatoms. The maximum absolute atomic E-state index is 12.8. The minimum Gasteiger partial charge on any atom is -0.461 e. The van der Waals surface area contributed by atoms with Crippen LogP contribution in [0.2, 0.25) is 0 Å². The summed E-state index contributed by atoms with van der Waals surface area (Å²) in [5, 5.41) is 1.11. The summed E-state index contributed by atoms with van der Waals surface area (Å²) >= 11 is 0. The number of para-hydroxylation sites is 3. The predicted molar refractivity (Wildman–Crippen MR) is 116 cm³/mol. The Hall–Kier alpha value is -3.08. The molecule has 0 saturated carbocycles. The van der Waals surface area contributed by atoms with Gasteiger partial charge in [0.25, 0.3) is 0 Å². The van der Waals surface area contributed by atoms with Crippen LogP contribution in [0.5, 0.6) is 0 Å². The maximum atomic E-state index is 12.8. The Bertz CT molecular complexity index is 1090. The highest BCUT2D eigenvalue weighted by Gasteiger charge is 2.18. The molecule has 0 aliphatic carbocycles. The van der Waals surface area contributed by atoms with Crippen molar-refractivity contribution in [3.63, 3.8) is 0 Å². The molecule has 0 unspecified atom stereocenters. The number of rotatable bonds is 8. The van der Waals surface area contributed by atoms with E-state index in [2.05, 4.69) is 23.0 Å². The lowest BCUT2D eigenvalue weighted by Crippen LogP contribution is -2.26. The molecule has 1 N–H and O–H groups in total. The molecular weight excluding hydrogens is 362 g/mol. The zero-order chi connectivity index (χ0) is 20.2. The smallest absolute Gasteiger partial charge is 0.223 e. The first kappa shape index (κ1) is 19.2. The third-order valence-electron chi connectivity index (χ3n) is 5.37. The van der Waals surface area contributed by atoms with E-state index < -0.39 is 0 Å². The third-order valence-corrected chi connectivity index (χ3v) is 5.37. The first-order valence-electron chi connectivity index (χ1n) is 10.3. The molecule has 2 heterocycles. The van der Waals surface area contributed by atoms with Crippen molar-refractivity contribution in [3.05, 3.63) is 65.7 Å². The topological polar surface area (TPSA) is 62.1 Å². The Balaban J connectivity index is 1.45. The number of fused-ring (bicyclic) bond motifs is 2. The lowest BCUT2D eigenvalue weighted by Gasteiger charge is -2.17. The van der Waals surface area contributed by atoms with Gasteiger partial charge in [-0.2, -0.15) is 0 Å². The van der Waals surface area contributed by atoms with Gasteiger partial charge < -0.3 is 14.3 Å². The Morgan fingerprint density at radius 1 is 1.10 bits per heavy atom. The first-order chi connectivity index (χ1) is 14.2. The number of nitrogens with zero attached hydrogens (tertiary/aromatic N) is 2. The maximum Gasteiger partial charge on any atom is 0.223 e. The number of hydrogen-bond donors (Lipinski definition) is 1. The van der Waals surface area contributed by atoms with E-state index in [1.54, 1.807) is 4.90 Å². The molecular formula is C24H27N3O2. The number of carbonyl (C=O) groups excluding carboxylic acids is 1. The molecule has 4 aromatic rings. The molecule has 0 radical (unpaired) electrons. The summed E-state index contributed by atoms with van der Waals surface area (Å²) < 4.78 is 6.09. The summed E-state index contributed by atoms with van der Waals surface area (Å²) in [5.41, 5.74) is 3.98. The van der Waals surface area contributed by atoms with Crippen LogP contribution in [-0.2, 0) is 24.2 Å². The van der Waals surface area contributed by atoms with Gasteiger partial charge in [-0.05, 0) is 24.6 Å². The third kappa shape index (κ3) is 4.19. The molecule has 0 spiro atoms. The zero-order valence-corrected chi connectivity index (χ0v) is 17.1. The van der Waals surface area contributed by atoms with Gasteiger partial charge in [0.2, 0.25) is 5.91 Å². The lowest BCUT2D eigenvalue weighted by molar-refractivity contribution is -0.130. The van der Waals surface area contributed by atoms with Gasteiger partial charge in [0.1, 0.15) is 17.2 Å². The predicted octanol–water partition coefficient (Wildman–Crippen LogP) is 5.24. The second kappa shape index (κ2) is 8.52. The number of aromatic amines is 1. The second-order valence-electron chi connectivity index (χ2n) is 7.55. The number of aromatic nitrogens is 2. The van der Waals surface area contributed by atoms with E-state index in [1.165, 1.54) is 0 Å². The number of nitrogens with one attached hydrogen (secondary N) is 1. The average molecular weight is 389 g/mol. The Kier molecular flexibility index (Phi) is 5.65. The highest BCUT2D eigenvalue weighted by atomic mass is 16.3. The fourth-order valence-corrected chi connectivity index (χ4v) is 3.73. The summed E-state index contributed by atoms with van der Waals surface area (Å²) in [7, 11) is 1.87. The summed E-state index contributed by atoms with van der Waals surface area (Å²) in [4.78, 5) is 22.4. The van der Waals surface area contributed by atoms with Crippen molar-refractivity contribution in [2.24, 2.45) is 0 Å². The van der Waals surface area contributed by atoms with E-state index in [1.807, 2.05) is 49.5 Å². The molecule has 0 aliphatic rings. The summed E-state index contributed by atoms with van der Waals surface area (Å²) in [5.74, 6) is 1.97. The van der Waals surface area contributed by atoms with E-state index in [-0.39, 0.29) is 5.91 Å². The first-order valence-corrected chi connectivity index (χ1v) is 10.3. The minimum atomic E-state index is 0.108. The molecule has 0 atom stereocenters. The number of unbranched alkanes of at least 4 members (excludes halogenated alkanes) is 1. The molecule has 29 heavy (non-hydrogen) atoms. The van der Waals surface area contributed by atoms with Gasteiger partial charge in [-0.15, -0.1) is 0 Å². The number of imidazole rings is 1. The van der Waals surface area contributed by atoms with Crippen LogP contribution in [0.15, 0.2) is 52.9 Å². The van der Waals surface area contributed by atoms with E-state index in [0.717, 1.165) is 58.4 Å². The van der Waals surface area contributed by atoms with Crippen LogP contribution in [0.1, 0.15) is 43.3 Å². The number of amides is 1. The Morgan fingerprint density at radius 2 is 1.90 bits per heavy atom. The Morgan fingerprint density at radius 3 is 2.72 bits per heavy atom. The molecule has 2 aromatic heterocycles. The quantitative estimate of drug-likeness (QED) is 0.448. The van der Waals surface area contributed by atoms with Crippen LogP contribution < -0.4 is 0 Å². The van der Waals surface area contributed by atoms with Crippen LogP contribution >= 0.6 is 0 Å². The van der Waals surface area contributed by atoms with Crippen molar-refractivity contribution >= 4 is 27.9 Å². The molecule has 0 fully saturated rings. The molecule has 5 nitrogen and oxygen atoms in total. The second-order valence-corrected chi connectivity index (χ2v) is 7.55. The molecule has 150 valence electrons. The highest BCUT2D eigenvalue weighted by molar-refractivity contribution is 5.83. The van der Waals surface area contributed by atoms with Gasteiger partial charge in [-0.3, -0.25) is 4.79 Å². The summed E-state index contributed by atoms with van der Waals surface area (Å²) in [6.45, 7) is 2.74. The van der Waals surface area contributed by atoms with Gasteiger partial charge >= 0.3 is 0 Å². The van der Waals surface area contributed by atoms with Gasteiger partial charge in [-0.25, -0.2) is 4.98 Å². The molecule has 2 aromatic carbocycles. The molecule has 0 saturated heterocycles. The number of carbonyl (C=O) groups is 1. The van der Waals surface area contributed by atoms with E-state index >= 15 is 0 Å². The average Bonchev–Trinajstić information content (AvgIpc) is 3.31. The van der Waals surface area contributed by atoms with E-state index in [0.29, 0.717) is 19.4 Å². The monoisotopic (exact) mass is 389 g/mol. The molecule has 1 amide bonds. The van der Waals surface area contributed by atoms with Crippen LogP contribution in [0, 0.1) is 0 Å². The number of furan rings is 1. The van der Waals surface area contributed by atoms with Gasteiger partial charge in [0.05, 0.1) is 11.0 Å². The number of hydrogen-bond acceptors (Lipinski definition) is 3. The van der Waals surface area contributed by atoms with Gasteiger partial charge in [-0.1, -0.05) is 43.7 Å². The molecule has 0 bridgehead atoms. The molecule has 0 aliphatic heterocycles. The van der Waals surface area contributed by atoms with Crippen LogP contribution in [0.4, 0.5) is 0 Å². The standard InChI is InChI=1S/C24H27N3O2/c1-3-4-12-22-18(17-9-5-8-13-21(17)29-22)16-27(2)24(28)15-14-23-25-19-10-6-7-11-20(19)26-23/h5-11,13H,3-4,12,14-16H2,1-2H3,(H,25,26). The van der Waals surface area contributed by atoms with Crippen molar-refractivity contribution in [3.8, 4) is 0 Å². The summed E-state index contributed by atoms with van der Waals surface area (Å²) in [6.07, 6.45) is 4.13. The molecule has 4 rings (SSSR count). The van der Waals surface area contributed by atoms with Crippen LogP contribution in [0.25, 0.3) is 22.0 Å².